The Morgan fingerprint density at radius 2 is 1.13 bits per heavy atom. The molecule has 4 radical (unpaired) electrons. The summed E-state index contributed by atoms with van der Waals surface area (Å²) in [4.78, 5) is 0. The fourth-order valence-corrected chi connectivity index (χ4v) is 15.4. The minimum Gasteiger partial charge on any atom is -0.267 e. The van der Waals surface area contributed by atoms with Gasteiger partial charge in [-0.05, 0) is 57.6 Å². The lowest BCUT2D eigenvalue weighted by atomic mass is 10.1. The summed E-state index contributed by atoms with van der Waals surface area (Å²) in [6, 6.07) is 13.6. The van der Waals surface area contributed by atoms with Crippen molar-refractivity contribution >= 4 is 52.1 Å². The first-order chi connectivity index (χ1) is 10.9. The Kier molecular flexibility index (Phi) is 4.71. The second-order valence-electron chi connectivity index (χ2n) is 6.42. The molecule has 3 rings (SSSR count). The Morgan fingerprint density at radius 3 is 1.52 bits per heavy atom. The Hall–Kier alpha value is -0.686. The maximum absolute atomic E-state index is 2.45. The normalized spacial score (nSPS) is 15.3. The zero-order chi connectivity index (χ0) is 16.8. The molecule has 2 aromatic rings. The fraction of sp³-hybridized carbons (Fsp3) is 0.353. The van der Waals surface area contributed by atoms with Gasteiger partial charge in [0.05, 0.1) is 7.34 Å². The van der Waals surface area contributed by atoms with Crippen LogP contribution in [0.1, 0.15) is 0 Å². The van der Waals surface area contributed by atoms with Gasteiger partial charge in [0.2, 0.25) is 0 Å². The van der Waals surface area contributed by atoms with E-state index in [-0.39, 0.29) is 0 Å². The summed E-state index contributed by atoms with van der Waals surface area (Å²) in [6.07, 6.45) is 0. The van der Waals surface area contributed by atoms with Gasteiger partial charge < -0.3 is 0 Å². The molecule has 0 bridgehead atoms. The molecule has 0 spiro atoms. The minimum absolute atomic E-state index is 0.792. The molecule has 6 heteroatoms. The SMILES string of the molecule is CN(C)P(=C1[Si]c2cccc3cccc(c23)[Si]1)(N(C)C)N(C)C. The molecule has 0 aromatic heterocycles. The van der Waals surface area contributed by atoms with Crippen molar-refractivity contribution in [3.63, 3.8) is 0 Å². The van der Waals surface area contributed by atoms with Gasteiger partial charge in [0, 0.05) is 0 Å². The zero-order valence-electron chi connectivity index (χ0n) is 14.8. The summed E-state index contributed by atoms with van der Waals surface area (Å²) in [6.45, 7) is 0. The summed E-state index contributed by atoms with van der Waals surface area (Å²) in [7, 11) is 13.4. The fourth-order valence-electron chi connectivity index (χ4n) is 3.66. The van der Waals surface area contributed by atoms with Gasteiger partial charge in [-0.3, -0.25) is 14.0 Å². The highest BCUT2D eigenvalue weighted by atomic mass is 31.2. The zero-order valence-corrected chi connectivity index (χ0v) is 17.6. The van der Waals surface area contributed by atoms with Crippen molar-refractivity contribution in [2.45, 2.75) is 0 Å². The van der Waals surface area contributed by atoms with Gasteiger partial charge in [-0.25, -0.2) is 0 Å². The molecule has 23 heavy (non-hydrogen) atoms. The lowest BCUT2D eigenvalue weighted by Gasteiger charge is -2.46. The molecule has 0 unspecified atom stereocenters. The molecule has 0 aliphatic carbocycles. The molecule has 1 aliphatic rings. The van der Waals surface area contributed by atoms with Crippen LogP contribution in [0.25, 0.3) is 10.8 Å². The molecule has 3 nitrogen and oxygen atoms in total. The van der Waals surface area contributed by atoms with Crippen molar-refractivity contribution in [1.29, 1.82) is 0 Å². The highest BCUT2D eigenvalue weighted by Gasteiger charge is 2.33. The van der Waals surface area contributed by atoms with Gasteiger partial charge >= 0.3 is 0 Å². The highest BCUT2D eigenvalue weighted by molar-refractivity contribution is 7.78. The van der Waals surface area contributed by atoms with Crippen molar-refractivity contribution in [3.05, 3.63) is 36.4 Å². The van der Waals surface area contributed by atoms with Gasteiger partial charge in [-0.15, -0.1) is 0 Å². The molecule has 0 N–H and O–H groups in total. The molecule has 0 atom stereocenters. The van der Waals surface area contributed by atoms with Crippen LogP contribution in [-0.4, -0.2) is 79.9 Å². The standard InChI is InChI=1S/C17H24N3PSi2/c1-18(2)21(19(3)4,20(5)6)17-22-14-11-7-9-13-10-8-12-15(23-17)16(13)14/h7-12H,1-6H3. The average Bonchev–Trinajstić information content (AvgIpc) is 2.47. The molecule has 0 saturated carbocycles. The first-order valence-electron chi connectivity index (χ1n) is 7.74. The van der Waals surface area contributed by atoms with E-state index in [1.165, 1.54) is 21.1 Å². The van der Waals surface area contributed by atoms with E-state index in [0.717, 1.165) is 19.0 Å². The largest absolute Gasteiger partial charge is 0.267 e. The van der Waals surface area contributed by atoms with E-state index >= 15 is 0 Å². The summed E-state index contributed by atoms with van der Waals surface area (Å²) in [5.41, 5.74) is 0. The van der Waals surface area contributed by atoms with Crippen molar-refractivity contribution in [3.8, 4) is 0 Å². The molecule has 2 aromatic carbocycles. The van der Waals surface area contributed by atoms with Crippen LogP contribution in [0.4, 0.5) is 0 Å². The minimum atomic E-state index is -1.61. The van der Waals surface area contributed by atoms with Crippen LogP contribution in [0, 0.1) is 0 Å². The Bertz CT molecular complexity index is 728. The predicted octanol–water partition coefficient (Wildman–Crippen LogP) is 1.05. The topological polar surface area (TPSA) is 9.72 Å². The Balaban J connectivity index is 2.30. The number of hydrogen-bond donors (Lipinski definition) is 0. The Labute approximate surface area is 145 Å². The molecular weight excluding hydrogens is 333 g/mol. The van der Waals surface area contributed by atoms with Crippen molar-refractivity contribution < 1.29 is 0 Å². The molecular formula is C17H24N3PSi2. The number of rotatable bonds is 3. The van der Waals surface area contributed by atoms with E-state index in [4.69, 9.17) is 0 Å². The van der Waals surface area contributed by atoms with Crippen LogP contribution in [0.3, 0.4) is 0 Å². The van der Waals surface area contributed by atoms with Crippen LogP contribution < -0.4 is 10.4 Å². The third-order valence-corrected chi connectivity index (χ3v) is 13.4. The second kappa shape index (κ2) is 6.32. The summed E-state index contributed by atoms with van der Waals surface area (Å²) in [5, 5.41) is 5.93. The average molecular weight is 358 g/mol. The van der Waals surface area contributed by atoms with Crippen LogP contribution in [0.5, 0.6) is 0 Å². The second-order valence-corrected chi connectivity index (χ2v) is 14.3. The van der Waals surface area contributed by atoms with Gasteiger partial charge in [-0.2, -0.15) is 0 Å². The molecule has 120 valence electrons. The maximum atomic E-state index is 2.45. The van der Waals surface area contributed by atoms with E-state index in [2.05, 4.69) is 92.7 Å². The molecule has 0 amide bonds. The van der Waals surface area contributed by atoms with E-state index in [0.29, 0.717) is 0 Å². The van der Waals surface area contributed by atoms with Gasteiger partial charge in [0.25, 0.3) is 0 Å². The number of nitrogens with zero attached hydrogens (tertiary/aromatic N) is 3. The third-order valence-electron chi connectivity index (χ3n) is 4.38. The monoisotopic (exact) mass is 357 g/mol. The molecule has 0 fully saturated rings. The first-order valence-corrected chi connectivity index (χ1v) is 11.4. The quantitative estimate of drug-likeness (QED) is 0.601. The molecule has 1 heterocycles. The summed E-state index contributed by atoms with van der Waals surface area (Å²) < 4.78 is 9.06. The van der Waals surface area contributed by atoms with Crippen LogP contribution in [0.2, 0.25) is 0 Å². The van der Waals surface area contributed by atoms with Gasteiger partial charge in [0.15, 0.2) is 0 Å². The summed E-state index contributed by atoms with van der Waals surface area (Å²) in [5.74, 6) is 0. The van der Waals surface area contributed by atoms with E-state index < -0.39 is 7.34 Å². The van der Waals surface area contributed by atoms with Crippen molar-refractivity contribution in [2.75, 3.05) is 42.3 Å². The Morgan fingerprint density at radius 1 is 0.696 bits per heavy atom. The lowest BCUT2D eigenvalue weighted by molar-refractivity contribution is 0.484. The van der Waals surface area contributed by atoms with E-state index in [9.17, 15) is 0 Å². The lowest BCUT2D eigenvalue weighted by Crippen LogP contribution is -2.48. The van der Waals surface area contributed by atoms with Crippen LogP contribution >= 0.6 is 7.34 Å². The van der Waals surface area contributed by atoms with Gasteiger partial charge in [-0.1, -0.05) is 46.8 Å². The number of benzene rings is 2. The molecule has 0 saturated heterocycles. The number of hydrogen-bond acceptors (Lipinski definition) is 3. The van der Waals surface area contributed by atoms with Crippen LogP contribution in [-0.2, 0) is 0 Å². The highest BCUT2D eigenvalue weighted by Crippen LogP contribution is 2.54. The predicted molar refractivity (Wildman–Crippen MR) is 108 cm³/mol. The van der Waals surface area contributed by atoms with Crippen molar-refractivity contribution in [1.82, 2.24) is 14.0 Å². The van der Waals surface area contributed by atoms with Crippen LogP contribution in [0.15, 0.2) is 36.4 Å². The van der Waals surface area contributed by atoms with Crippen molar-refractivity contribution in [2.24, 2.45) is 0 Å². The summed E-state index contributed by atoms with van der Waals surface area (Å²) >= 11 is 0. The first kappa shape index (κ1) is 17.1. The maximum Gasteiger partial charge on any atom is 0.116 e. The van der Waals surface area contributed by atoms with E-state index in [1.54, 1.807) is 4.54 Å². The van der Waals surface area contributed by atoms with E-state index in [1.807, 2.05) is 0 Å². The van der Waals surface area contributed by atoms with Gasteiger partial charge in [0.1, 0.15) is 19.0 Å². The smallest absolute Gasteiger partial charge is 0.116 e. The molecule has 1 aliphatic heterocycles. The third kappa shape index (κ3) is 2.60.